The first kappa shape index (κ1) is 34.4. The predicted octanol–water partition coefficient (Wildman–Crippen LogP) is -5.37. The van der Waals surface area contributed by atoms with Gasteiger partial charge >= 0.3 is 0 Å². The molecule has 1 saturated carbocycles. The fourth-order valence-corrected chi connectivity index (χ4v) is 5.55. The summed E-state index contributed by atoms with van der Waals surface area (Å²) in [5.74, 6) is -1.44. The van der Waals surface area contributed by atoms with E-state index in [9.17, 15) is 30.3 Å². The lowest BCUT2D eigenvalue weighted by Crippen LogP contribution is -2.73. The van der Waals surface area contributed by atoms with Gasteiger partial charge in [0.15, 0.2) is 12.6 Å². The van der Waals surface area contributed by atoms with Crippen LogP contribution in [0.1, 0.15) is 39.0 Å². The zero-order valence-electron chi connectivity index (χ0n) is 23.5. The molecule has 3 aliphatic rings. The van der Waals surface area contributed by atoms with Crippen molar-refractivity contribution in [3.63, 3.8) is 0 Å². The summed E-state index contributed by atoms with van der Waals surface area (Å²) in [6, 6.07) is -3.97. The second-order valence-corrected chi connectivity index (χ2v) is 11.4. The van der Waals surface area contributed by atoms with E-state index in [2.05, 4.69) is 5.32 Å². The number of hydrogen-bond acceptors (Lipinski definition) is 15. The van der Waals surface area contributed by atoms with Gasteiger partial charge in [-0.3, -0.25) is 4.79 Å². The molecule has 16 N–H and O–H groups in total. The molecule has 1 aliphatic carbocycles. The molecule has 0 radical (unpaired) electrons. The number of aliphatic hydroxyl groups is 5. The molecule has 41 heavy (non-hydrogen) atoms. The summed E-state index contributed by atoms with van der Waals surface area (Å²) in [6.45, 7) is 1.73. The van der Waals surface area contributed by atoms with Crippen molar-refractivity contribution in [2.24, 2.45) is 34.6 Å². The molecule has 0 aromatic rings. The van der Waals surface area contributed by atoms with Crippen LogP contribution >= 0.6 is 0 Å². The van der Waals surface area contributed by atoms with Gasteiger partial charge in [0, 0.05) is 18.5 Å². The standard InChI is InChI=1S/C25H50N6O10/c1-10-15(29)18(34)14(9-32)39-24(10)41-22-17(31-23(37)13(33)4-2-3-7-26)19(35)16(30)21(20(22)36)40-25-12(28)6-5-11(8-27)38-25/h10-22,24-25,32-36H,2-9,26-30H2,1H3,(H,31,37)/t10?,11?,12?,13-,14?,15+,16-,17+,18+,19?,20?,21?,22-,24+,25+/m0/s1. The molecule has 0 aromatic carbocycles. The third-order valence-corrected chi connectivity index (χ3v) is 8.36. The molecular formula is C25H50N6O10. The summed E-state index contributed by atoms with van der Waals surface area (Å²) < 4.78 is 23.7. The summed E-state index contributed by atoms with van der Waals surface area (Å²) in [4.78, 5) is 12.9. The SMILES string of the molecule is CC1[C@@H](O[C@@H]2C(O)C(O[C@H]3OC(CN)CCC3N)[C@@H](N)C(O)[C@H]2NC(=O)[C@@H](O)CCCCN)OC(CO)[C@@H](O)[C@@H]1N. The highest BCUT2D eigenvalue weighted by Gasteiger charge is 2.54. The van der Waals surface area contributed by atoms with E-state index < -0.39 is 97.9 Å². The smallest absolute Gasteiger partial charge is 0.249 e. The van der Waals surface area contributed by atoms with Crippen LogP contribution in [0, 0.1) is 5.92 Å². The molecule has 2 saturated heterocycles. The normalized spacial score (nSPS) is 44.4. The Morgan fingerprint density at radius 3 is 2.27 bits per heavy atom. The number of amides is 1. The molecule has 16 nitrogen and oxygen atoms in total. The van der Waals surface area contributed by atoms with E-state index in [4.69, 9.17) is 47.6 Å². The maximum absolute atomic E-state index is 12.9. The van der Waals surface area contributed by atoms with Crippen molar-refractivity contribution in [3.05, 3.63) is 0 Å². The van der Waals surface area contributed by atoms with Gasteiger partial charge in [0.25, 0.3) is 0 Å². The Labute approximate surface area is 239 Å². The highest BCUT2D eigenvalue weighted by Crippen LogP contribution is 2.33. The van der Waals surface area contributed by atoms with Gasteiger partial charge in [-0.1, -0.05) is 6.92 Å². The maximum Gasteiger partial charge on any atom is 0.249 e. The van der Waals surface area contributed by atoms with E-state index in [1.165, 1.54) is 0 Å². The Bertz CT molecular complexity index is 817. The molecule has 7 unspecified atom stereocenters. The summed E-state index contributed by atoms with van der Waals surface area (Å²) >= 11 is 0. The van der Waals surface area contributed by atoms with E-state index in [0.29, 0.717) is 32.2 Å². The van der Waals surface area contributed by atoms with Crippen LogP contribution in [0.3, 0.4) is 0 Å². The van der Waals surface area contributed by atoms with Gasteiger partial charge in [0.1, 0.15) is 30.5 Å². The third kappa shape index (κ3) is 8.10. The summed E-state index contributed by atoms with van der Waals surface area (Å²) in [5.41, 5.74) is 29.9. The van der Waals surface area contributed by atoms with Crippen molar-refractivity contribution < 1.29 is 49.3 Å². The lowest BCUT2D eigenvalue weighted by atomic mass is 9.81. The van der Waals surface area contributed by atoms with Gasteiger partial charge < -0.3 is 78.5 Å². The van der Waals surface area contributed by atoms with Crippen molar-refractivity contribution in [1.82, 2.24) is 5.32 Å². The number of nitrogens with two attached hydrogens (primary N) is 5. The van der Waals surface area contributed by atoms with E-state index in [1.807, 2.05) is 0 Å². The molecule has 3 fully saturated rings. The minimum Gasteiger partial charge on any atom is -0.394 e. The number of ether oxygens (including phenoxy) is 4. The van der Waals surface area contributed by atoms with Crippen LogP contribution < -0.4 is 34.0 Å². The van der Waals surface area contributed by atoms with Crippen molar-refractivity contribution in [2.45, 2.75) is 125 Å². The van der Waals surface area contributed by atoms with Crippen molar-refractivity contribution >= 4 is 5.91 Å². The number of carbonyl (C=O) groups excluding carboxylic acids is 1. The molecule has 16 heteroatoms. The molecule has 240 valence electrons. The third-order valence-electron chi connectivity index (χ3n) is 8.36. The van der Waals surface area contributed by atoms with Crippen LogP contribution in [0.4, 0.5) is 0 Å². The lowest BCUT2D eigenvalue weighted by molar-refractivity contribution is -0.310. The Hall–Kier alpha value is -1.09. The highest BCUT2D eigenvalue weighted by molar-refractivity contribution is 5.80. The monoisotopic (exact) mass is 594 g/mol. The Morgan fingerprint density at radius 1 is 0.951 bits per heavy atom. The largest absolute Gasteiger partial charge is 0.394 e. The van der Waals surface area contributed by atoms with Crippen molar-refractivity contribution in [1.29, 1.82) is 0 Å². The van der Waals surface area contributed by atoms with Crippen molar-refractivity contribution in [2.75, 3.05) is 19.7 Å². The Balaban J connectivity index is 1.86. The van der Waals surface area contributed by atoms with Gasteiger partial charge in [-0.2, -0.15) is 0 Å². The average Bonchev–Trinajstić information content (AvgIpc) is 2.96. The number of carbonyl (C=O) groups is 1. The van der Waals surface area contributed by atoms with Gasteiger partial charge in [-0.05, 0) is 38.6 Å². The molecule has 0 spiro atoms. The number of rotatable bonds is 12. The molecule has 15 atom stereocenters. The lowest BCUT2D eigenvalue weighted by Gasteiger charge is -2.50. The molecule has 2 heterocycles. The van der Waals surface area contributed by atoms with E-state index >= 15 is 0 Å². The average molecular weight is 595 g/mol. The minimum atomic E-state index is -1.56. The molecule has 0 bridgehead atoms. The fraction of sp³-hybridized carbons (Fsp3) is 0.960. The van der Waals surface area contributed by atoms with E-state index in [0.717, 1.165) is 0 Å². The molecule has 1 amide bonds. The van der Waals surface area contributed by atoms with E-state index in [1.54, 1.807) is 6.92 Å². The van der Waals surface area contributed by atoms with Crippen LogP contribution in [0.25, 0.3) is 0 Å². The first-order valence-corrected chi connectivity index (χ1v) is 14.4. The van der Waals surface area contributed by atoms with Gasteiger partial charge in [0.05, 0.1) is 43.0 Å². The zero-order chi connectivity index (χ0) is 30.4. The van der Waals surface area contributed by atoms with Crippen LogP contribution in [0.5, 0.6) is 0 Å². The maximum atomic E-state index is 12.9. The number of unbranched alkanes of at least 4 members (excludes halogenated alkanes) is 1. The first-order chi connectivity index (χ1) is 19.4. The van der Waals surface area contributed by atoms with Crippen LogP contribution in [-0.2, 0) is 23.7 Å². The highest BCUT2D eigenvalue weighted by atomic mass is 16.7. The first-order valence-electron chi connectivity index (χ1n) is 14.4. The number of hydrogen-bond donors (Lipinski definition) is 11. The van der Waals surface area contributed by atoms with Gasteiger partial charge in [-0.25, -0.2) is 0 Å². The molecule has 3 rings (SSSR count). The van der Waals surface area contributed by atoms with Crippen LogP contribution in [0.2, 0.25) is 0 Å². The molecule has 0 aromatic heterocycles. The van der Waals surface area contributed by atoms with Crippen molar-refractivity contribution in [3.8, 4) is 0 Å². The predicted molar refractivity (Wildman–Crippen MR) is 144 cm³/mol. The summed E-state index contributed by atoms with van der Waals surface area (Å²) in [6.07, 6.45) is -9.48. The molecule has 2 aliphatic heterocycles. The quantitative estimate of drug-likeness (QED) is 0.0940. The van der Waals surface area contributed by atoms with E-state index in [-0.39, 0.29) is 19.1 Å². The van der Waals surface area contributed by atoms with Gasteiger partial charge in [-0.15, -0.1) is 0 Å². The summed E-state index contributed by atoms with van der Waals surface area (Å²) in [5, 5.41) is 55.8. The van der Waals surface area contributed by atoms with Crippen LogP contribution in [0.15, 0.2) is 0 Å². The second kappa shape index (κ2) is 15.6. The zero-order valence-corrected chi connectivity index (χ0v) is 23.5. The van der Waals surface area contributed by atoms with Gasteiger partial charge in [0.2, 0.25) is 5.91 Å². The van der Waals surface area contributed by atoms with Crippen LogP contribution in [-0.4, -0.2) is 137 Å². The number of aliphatic hydroxyl groups excluding tert-OH is 5. The topological polar surface area (TPSA) is 297 Å². The Kier molecular flexibility index (Phi) is 13.1. The fourth-order valence-electron chi connectivity index (χ4n) is 5.55. The Morgan fingerprint density at radius 2 is 1.63 bits per heavy atom. The molecular weight excluding hydrogens is 544 g/mol. The number of nitrogens with one attached hydrogen (secondary N) is 1. The minimum absolute atomic E-state index is 0.130. The second-order valence-electron chi connectivity index (χ2n) is 11.4. The summed E-state index contributed by atoms with van der Waals surface area (Å²) in [7, 11) is 0.